The van der Waals surface area contributed by atoms with Crippen molar-refractivity contribution in [2.75, 3.05) is 18.1 Å². The number of halogens is 3. The summed E-state index contributed by atoms with van der Waals surface area (Å²) in [6.45, 7) is 0.747. The number of aliphatic hydroxyl groups is 1. The van der Waals surface area contributed by atoms with Gasteiger partial charge in [0.15, 0.2) is 11.3 Å². The van der Waals surface area contributed by atoms with E-state index in [1.54, 1.807) is 0 Å². The Kier molecular flexibility index (Phi) is 4.35. The third-order valence-corrected chi connectivity index (χ3v) is 5.53. The monoisotopic (exact) mass is 349 g/mol. The predicted molar refractivity (Wildman–Crippen MR) is 78.9 cm³/mol. The molecule has 3 rings (SSSR count). The van der Waals surface area contributed by atoms with Gasteiger partial charge in [-0.25, -0.2) is 4.98 Å². The van der Waals surface area contributed by atoms with E-state index in [-0.39, 0.29) is 11.8 Å². The Morgan fingerprint density at radius 3 is 3.00 bits per heavy atom. The molecule has 2 N–H and O–H groups in total. The van der Waals surface area contributed by atoms with Crippen LogP contribution >= 0.6 is 11.8 Å². The zero-order chi connectivity index (χ0) is 16.7. The van der Waals surface area contributed by atoms with Crippen molar-refractivity contribution in [3.63, 3.8) is 0 Å². The van der Waals surface area contributed by atoms with Crippen LogP contribution in [0, 0.1) is 5.92 Å². The number of carbonyl (C=O) groups excluding carboxylic acids is 1. The van der Waals surface area contributed by atoms with Crippen molar-refractivity contribution >= 4 is 17.7 Å². The van der Waals surface area contributed by atoms with Gasteiger partial charge < -0.3 is 15.0 Å². The second kappa shape index (κ2) is 6.01. The maximum atomic E-state index is 12.7. The van der Waals surface area contributed by atoms with Gasteiger partial charge in [0.05, 0.1) is 0 Å². The number of aromatic nitrogens is 2. The number of thioether (sulfide) groups is 1. The second-order valence-electron chi connectivity index (χ2n) is 6.14. The summed E-state index contributed by atoms with van der Waals surface area (Å²) in [5, 5.41) is 12.9. The van der Waals surface area contributed by atoms with Gasteiger partial charge in [0.25, 0.3) is 5.91 Å². The first-order valence-corrected chi connectivity index (χ1v) is 8.65. The molecule has 1 saturated heterocycles. The molecule has 0 aromatic carbocycles. The van der Waals surface area contributed by atoms with Gasteiger partial charge in [0, 0.05) is 31.5 Å². The van der Waals surface area contributed by atoms with E-state index in [0.29, 0.717) is 43.9 Å². The van der Waals surface area contributed by atoms with E-state index < -0.39 is 17.5 Å². The number of aryl methyl sites for hydroxylation is 1. The van der Waals surface area contributed by atoms with Gasteiger partial charge in [0.1, 0.15) is 5.82 Å². The summed E-state index contributed by atoms with van der Waals surface area (Å²) in [7, 11) is 0. The van der Waals surface area contributed by atoms with Crippen molar-refractivity contribution in [1.29, 1.82) is 0 Å². The summed E-state index contributed by atoms with van der Waals surface area (Å²) in [5.74, 6) is 1.25. The molecule has 23 heavy (non-hydrogen) atoms. The highest BCUT2D eigenvalue weighted by Crippen LogP contribution is 2.31. The summed E-state index contributed by atoms with van der Waals surface area (Å²) >= 11 is 1.54. The van der Waals surface area contributed by atoms with E-state index in [0.717, 1.165) is 11.9 Å². The highest BCUT2D eigenvalue weighted by atomic mass is 32.2. The molecule has 9 heteroatoms. The molecule has 0 aliphatic carbocycles. The van der Waals surface area contributed by atoms with Crippen LogP contribution in [0.4, 0.5) is 13.2 Å². The average Bonchev–Trinajstić information content (AvgIpc) is 3.10. The van der Waals surface area contributed by atoms with Crippen molar-refractivity contribution in [1.82, 2.24) is 14.9 Å². The average molecular weight is 349 g/mol. The summed E-state index contributed by atoms with van der Waals surface area (Å²) in [6, 6.07) is 0. The van der Waals surface area contributed by atoms with Gasteiger partial charge in [-0.15, -0.1) is 0 Å². The molecule has 0 unspecified atom stereocenters. The van der Waals surface area contributed by atoms with Crippen LogP contribution in [0.3, 0.4) is 0 Å². The lowest BCUT2D eigenvalue weighted by Crippen LogP contribution is -2.48. The van der Waals surface area contributed by atoms with Gasteiger partial charge in [0.2, 0.25) is 0 Å². The number of hydrogen-bond donors (Lipinski definition) is 2. The zero-order valence-electron chi connectivity index (χ0n) is 12.4. The molecule has 2 aliphatic rings. The lowest BCUT2D eigenvalue weighted by Gasteiger charge is -2.26. The van der Waals surface area contributed by atoms with Crippen LogP contribution in [0.1, 0.15) is 24.4 Å². The fourth-order valence-electron chi connectivity index (χ4n) is 2.95. The maximum Gasteiger partial charge on any atom is 0.434 e. The van der Waals surface area contributed by atoms with Gasteiger partial charge in [-0.3, -0.25) is 4.79 Å². The molecular formula is C14H18F3N3O2S. The number of alkyl halides is 3. The van der Waals surface area contributed by atoms with Crippen LogP contribution in [0.5, 0.6) is 0 Å². The molecule has 0 saturated carbocycles. The molecule has 1 aromatic rings. The highest BCUT2D eigenvalue weighted by Gasteiger charge is 2.40. The molecule has 0 spiro atoms. The number of nitrogens with zero attached hydrogens (tertiary/aromatic N) is 2. The topological polar surface area (TPSA) is 67.2 Å². The molecule has 128 valence electrons. The van der Waals surface area contributed by atoms with Gasteiger partial charge in [-0.2, -0.15) is 24.9 Å². The smallest absolute Gasteiger partial charge is 0.379 e. The zero-order valence-corrected chi connectivity index (χ0v) is 13.2. The van der Waals surface area contributed by atoms with Crippen LogP contribution < -0.4 is 5.32 Å². The fourth-order valence-corrected chi connectivity index (χ4v) is 4.19. The van der Waals surface area contributed by atoms with E-state index in [1.165, 1.54) is 16.3 Å². The van der Waals surface area contributed by atoms with Crippen molar-refractivity contribution in [3.8, 4) is 0 Å². The number of imidazole rings is 1. The van der Waals surface area contributed by atoms with Crippen LogP contribution in [-0.2, 0) is 23.9 Å². The first-order valence-electron chi connectivity index (χ1n) is 7.49. The summed E-state index contributed by atoms with van der Waals surface area (Å²) in [6.07, 6.45) is -1.84. The third-order valence-electron chi connectivity index (χ3n) is 4.36. The van der Waals surface area contributed by atoms with Gasteiger partial charge in [-0.1, -0.05) is 0 Å². The normalized spacial score (nSPS) is 27.7. The lowest BCUT2D eigenvalue weighted by atomic mass is 9.98. The van der Waals surface area contributed by atoms with Crippen molar-refractivity contribution in [2.24, 2.45) is 5.92 Å². The van der Waals surface area contributed by atoms with E-state index in [2.05, 4.69) is 10.3 Å². The highest BCUT2D eigenvalue weighted by molar-refractivity contribution is 7.99. The van der Waals surface area contributed by atoms with Crippen LogP contribution in [-0.4, -0.2) is 44.2 Å². The number of fused-ring (bicyclic) bond motifs is 1. The molecule has 5 nitrogen and oxygen atoms in total. The SMILES string of the molecule is O=C(NC[C@@H]1CCc2nc(C(F)(F)F)cn2C1)[C@@]1(O)CCSC1. The first kappa shape index (κ1) is 16.6. The predicted octanol–water partition coefficient (Wildman–Crippen LogP) is 1.45. The minimum Gasteiger partial charge on any atom is -0.379 e. The second-order valence-corrected chi connectivity index (χ2v) is 7.25. The Balaban J connectivity index is 1.57. The van der Waals surface area contributed by atoms with E-state index in [4.69, 9.17) is 0 Å². The van der Waals surface area contributed by atoms with Crippen LogP contribution in [0.15, 0.2) is 6.20 Å². The lowest BCUT2D eigenvalue weighted by molar-refractivity contribution is -0.141. The Hall–Kier alpha value is -1.22. The Labute approximate surface area is 135 Å². The largest absolute Gasteiger partial charge is 0.434 e. The summed E-state index contributed by atoms with van der Waals surface area (Å²) in [5.41, 5.74) is -2.17. The number of hydrogen-bond acceptors (Lipinski definition) is 4. The minimum absolute atomic E-state index is 0.0411. The quantitative estimate of drug-likeness (QED) is 0.867. The van der Waals surface area contributed by atoms with Crippen molar-refractivity contribution in [2.45, 2.75) is 37.6 Å². The van der Waals surface area contributed by atoms with E-state index >= 15 is 0 Å². The van der Waals surface area contributed by atoms with E-state index in [9.17, 15) is 23.1 Å². The molecular weight excluding hydrogens is 331 g/mol. The summed E-state index contributed by atoms with van der Waals surface area (Å²) in [4.78, 5) is 15.7. The number of rotatable bonds is 3. The van der Waals surface area contributed by atoms with Gasteiger partial charge >= 0.3 is 6.18 Å². The molecule has 1 amide bonds. The molecule has 1 fully saturated rings. The standard InChI is InChI=1S/C14H18F3N3O2S/c15-14(16,17)10-7-20-6-9(1-2-11(20)19-10)5-18-12(21)13(22)3-4-23-8-13/h7,9,22H,1-6,8H2,(H,18,21)/t9-,13+/m0/s1. The Morgan fingerprint density at radius 1 is 1.57 bits per heavy atom. The van der Waals surface area contributed by atoms with Crippen molar-refractivity contribution < 1.29 is 23.1 Å². The molecule has 0 bridgehead atoms. The fraction of sp³-hybridized carbons (Fsp3) is 0.714. The summed E-state index contributed by atoms with van der Waals surface area (Å²) < 4.78 is 39.6. The molecule has 2 atom stereocenters. The van der Waals surface area contributed by atoms with Crippen LogP contribution in [0.2, 0.25) is 0 Å². The third kappa shape index (κ3) is 3.50. The maximum absolute atomic E-state index is 12.7. The van der Waals surface area contributed by atoms with Gasteiger partial charge in [-0.05, 0) is 24.5 Å². The number of nitrogens with one attached hydrogen (secondary N) is 1. The number of carbonyl (C=O) groups is 1. The molecule has 1 aromatic heterocycles. The first-order chi connectivity index (χ1) is 10.8. The molecule has 2 aliphatic heterocycles. The molecule has 3 heterocycles. The molecule has 0 radical (unpaired) electrons. The minimum atomic E-state index is -4.43. The Morgan fingerprint density at radius 2 is 2.35 bits per heavy atom. The van der Waals surface area contributed by atoms with Crippen molar-refractivity contribution in [3.05, 3.63) is 17.7 Å². The number of amides is 1. The Bertz CT molecular complexity index is 597. The van der Waals surface area contributed by atoms with E-state index in [1.807, 2.05) is 0 Å². The van der Waals surface area contributed by atoms with Crippen LogP contribution in [0.25, 0.3) is 0 Å².